The Hall–Kier alpha value is -2.10. The highest BCUT2D eigenvalue weighted by Gasteiger charge is 2.34. The molecule has 0 radical (unpaired) electrons. The summed E-state index contributed by atoms with van der Waals surface area (Å²) in [4.78, 5) is 12.7. The zero-order valence-electron chi connectivity index (χ0n) is 16.2. The van der Waals surface area contributed by atoms with Gasteiger partial charge in [0.2, 0.25) is 15.9 Å². The first-order chi connectivity index (χ1) is 13.9. The lowest BCUT2D eigenvalue weighted by Crippen LogP contribution is -2.41. The zero-order chi connectivity index (χ0) is 21.0. The molecule has 0 aromatic heterocycles. The minimum atomic E-state index is -3.76. The van der Waals surface area contributed by atoms with Crippen molar-refractivity contribution in [3.05, 3.63) is 46.9 Å². The maximum absolute atomic E-state index is 13.1. The Kier molecular flexibility index (Phi) is 6.81. The van der Waals surface area contributed by atoms with Gasteiger partial charge in [0.25, 0.3) is 0 Å². The third kappa shape index (κ3) is 4.73. The number of benzene rings is 2. The topological polar surface area (TPSA) is 84.9 Å². The van der Waals surface area contributed by atoms with Gasteiger partial charge < -0.3 is 14.8 Å². The minimum absolute atomic E-state index is 0.0652. The zero-order valence-corrected chi connectivity index (χ0v) is 18.6. The van der Waals surface area contributed by atoms with E-state index in [-0.39, 0.29) is 35.6 Å². The van der Waals surface area contributed by atoms with Crippen LogP contribution < -0.4 is 14.8 Å². The average Bonchev–Trinajstić information content (AvgIpc) is 2.74. The molecule has 1 fully saturated rings. The standard InChI is InChI=1S/C20H23BrN2O5S/c1-27-15-7-8-18(28-2)19(13-15)29(25,26)23-11-9-14(10-12-23)20(24)22-17-6-4-3-5-16(17)21/h3-8,13-14H,9-12H2,1-2H3,(H,22,24). The number of anilines is 1. The largest absolute Gasteiger partial charge is 0.497 e. The van der Waals surface area contributed by atoms with E-state index in [1.54, 1.807) is 12.1 Å². The molecule has 156 valence electrons. The number of rotatable bonds is 6. The summed E-state index contributed by atoms with van der Waals surface area (Å²) in [6.07, 6.45) is 0.892. The molecule has 0 atom stereocenters. The molecule has 1 aliphatic rings. The van der Waals surface area contributed by atoms with Crippen LogP contribution in [0.25, 0.3) is 0 Å². The van der Waals surface area contributed by atoms with Crippen molar-refractivity contribution in [2.75, 3.05) is 32.6 Å². The molecular weight excluding hydrogens is 460 g/mol. The Bertz CT molecular complexity index is 988. The number of piperidine rings is 1. The summed E-state index contributed by atoms with van der Waals surface area (Å²) < 4.78 is 38.8. The van der Waals surface area contributed by atoms with Crippen LogP contribution in [0, 0.1) is 5.92 Å². The van der Waals surface area contributed by atoms with E-state index in [0.29, 0.717) is 24.3 Å². The maximum Gasteiger partial charge on any atom is 0.246 e. The van der Waals surface area contributed by atoms with Gasteiger partial charge in [0.1, 0.15) is 16.4 Å². The van der Waals surface area contributed by atoms with Crippen LogP contribution in [0.2, 0.25) is 0 Å². The molecule has 1 amide bonds. The number of carbonyl (C=O) groups excluding carboxylic acids is 1. The molecule has 0 aliphatic carbocycles. The summed E-state index contributed by atoms with van der Waals surface area (Å²) in [7, 11) is -0.854. The van der Waals surface area contributed by atoms with Gasteiger partial charge in [-0.1, -0.05) is 12.1 Å². The Labute approximate surface area is 179 Å². The third-order valence-electron chi connectivity index (χ3n) is 4.95. The number of ether oxygens (including phenoxy) is 2. The fraction of sp³-hybridized carbons (Fsp3) is 0.350. The molecule has 0 saturated carbocycles. The molecule has 1 N–H and O–H groups in total. The van der Waals surface area contributed by atoms with Crippen molar-refractivity contribution in [1.82, 2.24) is 4.31 Å². The SMILES string of the molecule is COc1ccc(OC)c(S(=O)(=O)N2CCC(C(=O)Nc3ccccc3Br)CC2)c1. The van der Waals surface area contributed by atoms with Crippen LogP contribution in [0.15, 0.2) is 51.8 Å². The van der Waals surface area contributed by atoms with Gasteiger partial charge in [-0.05, 0) is 53.0 Å². The van der Waals surface area contributed by atoms with Gasteiger partial charge in [0, 0.05) is 29.5 Å². The smallest absolute Gasteiger partial charge is 0.246 e. The number of sulfonamides is 1. The number of methoxy groups -OCH3 is 2. The quantitative estimate of drug-likeness (QED) is 0.680. The Morgan fingerprint density at radius 2 is 1.79 bits per heavy atom. The summed E-state index contributed by atoms with van der Waals surface area (Å²) in [5.41, 5.74) is 0.702. The monoisotopic (exact) mass is 482 g/mol. The van der Waals surface area contributed by atoms with Gasteiger partial charge in [0.15, 0.2) is 0 Å². The summed E-state index contributed by atoms with van der Waals surface area (Å²) in [6.45, 7) is 0.521. The first-order valence-electron chi connectivity index (χ1n) is 9.14. The predicted octanol–water partition coefficient (Wildman–Crippen LogP) is 3.51. The molecule has 0 spiro atoms. The Balaban J connectivity index is 1.70. The molecule has 9 heteroatoms. The molecular formula is C20H23BrN2O5S. The summed E-state index contributed by atoms with van der Waals surface area (Å²) in [5.74, 6) is 0.348. The number of hydrogen-bond donors (Lipinski definition) is 1. The van der Waals surface area contributed by atoms with Gasteiger partial charge in [-0.15, -0.1) is 0 Å². The molecule has 7 nitrogen and oxygen atoms in total. The first kappa shape index (κ1) is 21.6. The van der Waals surface area contributed by atoms with E-state index in [2.05, 4.69) is 21.2 Å². The van der Waals surface area contributed by atoms with E-state index in [1.807, 2.05) is 24.3 Å². The summed E-state index contributed by atoms with van der Waals surface area (Å²) in [5, 5.41) is 2.91. The molecule has 1 saturated heterocycles. The molecule has 2 aromatic carbocycles. The second-order valence-corrected chi connectivity index (χ2v) is 9.42. The lowest BCUT2D eigenvalue weighted by Gasteiger charge is -2.31. The van der Waals surface area contributed by atoms with Crippen LogP contribution in [-0.2, 0) is 14.8 Å². The van der Waals surface area contributed by atoms with Gasteiger partial charge in [-0.3, -0.25) is 4.79 Å². The molecule has 1 heterocycles. The van der Waals surface area contributed by atoms with E-state index in [9.17, 15) is 13.2 Å². The Morgan fingerprint density at radius 3 is 2.41 bits per heavy atom. The van der Waals surface area contributed by atoms with E-state index < -0.39 is 10.0 Å². The third-order valence-corrected chi connectivity index (χ3v) is 7.56. The number of carbonyl (C=O) groups is 1. The predicted molar refractivity (Wildman–Crippen MR) is 114 cm³/mol. The number of nitrogens with zero attached hydrogens (tertiary/aromatic N) is 1. The molecule has 2 aromatic rings. The van der Waals surface area contributed by atoms with Gasteiger partial charge in [-0.25, -0.2) is 8.42 Å². The Morgan fingerprint density at radius 1 is 1.10 bits per heavy atom. The van der Waals surface area contributed by atoms with Crippen molar-refractivity contribution in [3.63, 3.8) is 0 Å². The second kappa shape index (κ2) is 9.15. The van der Waals surface area contributed by atoms with Crippen LogP contribution in [0.3, 0.4) is 0 Å². The highest BCUT2D eigenvalue weighted by molar-refractivity contribution is 9.10. The van der Waals surface area contributed by atoms with Gasteiger partial charge in [-0.2, -0.15) is 4.31 Å². The van der Waals surface area contributed by atoms with E-state index >= 15 is 0 Å². The van der Waals surface area contributed by atoms with Crippen LogP contribution in [-0.4, -0.2) is 45.9 Å². The van der Waals surface area contributed by atoms with E-state index in [0.717, 1.165) is 4.47 Å². The summed E-state index contributed by atoms with van der Waals surface area (Å²) >= 11 is 3.41. The highest BCUT2D eigenvalue weighted by atomic mass is 79.9. The molecule has 1 aliphatic heterocycles. The number of para-hydroxylation sites is 1. The molecule has 29 heavy (non-hydrogen) atoms. The van der Waals surface area contributed by atoms with Crippen molar-refractivity contribution in [3.8, 4) is 11.5 Å². The lowest BCUT2D eigenvalue weighted by atomic mass is 9.97. The van der Waals surface area contributed by atoms with Crippen LogP contribution in [0.1, 0.15) is 12.8 Å². The molecule has 0 bridgehead atoms. The van der Waals surface area contributed by atoms with Gasteiger partial charge in [0.05, 0.1) is 19.9 Å². The minimum Gasteiger partial charge on any atom is -0.497 e. The fourth-order valence-corrected chi connectivity index (χ4v) is 5.30. The van der Waals surface area contributed by atoms with Crippen molar-refractivity contribution in [2.24, 2.45) is 5.92 Å². The second-order valence-electron chi connectivity index (χ2n) is 6.66. The van der Waals surface area contributed by atoms with Crippen molar-refractivity contribution in [1.29, 1.82) is 0 Å². The normalized spacial score (nSPS) is 15.7. The fourth-order valence-electron chi connectivity index (χ4n) is 3.28. The number of hydrogen-bond acceptors (Lipinski definition) is 5. The number of nitrogens with one attached hydrogen (secondary N) is 1. The highest BCUT2D eigenvalue weighted by Crippen LogP contribution is 2.33. The van der Waals surface area contributed by atoms with Crippen LogP contribution in [0.4, 0.5) is 5.69 Å². The van der Waals surface area contributed by atoms with Crippen molar-refractivity contribution < 1.29 is 22.7 Å². The molecule has 3 rings (SSSR count). The van der Waals surface area contributed by atoms with Gasteiger partial charge >= 0.3 is 0 Å². The number of halogens is 1. The summed E-state index contributed by atoms with van der Waals surface area (Å²) in [6, 6.07) is 12.1. The first-order valence-corrected chi connectivity index (χ1v) is 11.4. The average molecular weight is 483 g/mol. The lowest BCUT2D eigenvalue weighted by molar-refractivity contribution is -0.120. The number of amides is 1. The van der Waals surface area contributed by atoms with Crippen LogP contribution in [0.5, 0.6) is 11.5 Å². The van der Waals surface area contributed by atoms with Crippen LogP contribution >= 0.6 is 15.9 Å². The van der Waals surface area contributed by atoms with Crippen molar-refractivity contribution >= 4 is 37.5 Å². The van der Waals surface area contributed by atoms with Crippen molar-refractivity contribution in [2.45, 2.75) is 17.7 Å². The maximum atomic E-state index is 13.1. The van der Waals surface area contributed by atoms with E-state index in [4.69, 9.17) is 9.47 Å². The van der Waals surface area contributed by atoms with E-state index in [1.165, 1.54) is 24.6 Å². The molecule has 0 unspecified atom stereocenters.